The number of esters is 2. The molecule has 0 atom stereocenters. The Kier molecular flexibility index (Phi) is 6.70. The van der Waals surface area contributed by atoms with E-state index in [0.29, 0.717) is 0 Å². The number of halogens is 2. The maximum Gasteiger partial charge on any atom is 0.343 e. The Labute approximate surface area is 199 Å². The van der Waals surface area contributed by atoms with Crippen LogP contribution in [0.4, 0.5) is 8.78 Å². The quantitative estimate of drug-likeness (QED) is 0.269. The van der Waals surface area contributed by atoms with Crippen LogP contribution in [-0.4, -0.2) is 20.4 Å². The van der Waals surface area contributed by atoms with Crippen molar-refractivity contribution in [3.8, 4) is 11.5 Å². The number of carbonyl (C=O) groups is 2. The Morgan fingerprint density at radius 1 is 0.571 bits per heavy atom. The molecule has 0 aliphatic carbocycles. The molecule has 35 heavy (non-hydrogen) atoms. The van der Waals surface area contributed by atoms with Crippen molar-refractivity contribution in [3.05, 3.63) is 120 Å². The summed E-state index contributed by atoms with van der Waals surface area (Å²) in [5, 5.41) is 0. The van der Waals surface area contributed by atoms with E-state index in [9.17, 15) is 26.8 Å². The first-order valence-corrected chi connectivity index (χ1v) is 11.6. The van der Waals surface area contributed by atoms with E-state index in [2.05, 4.69) is 0 Å². The zero-order chi connectivity index (χ0) is 25.0. The fourth-order valence-corrected chi connectivity index (χ4v) is 4.33. The molecule has 0 unspecified atom stereocenters. The normalized spacial score (nSPS) is 11.0. The Hall–Kier alpha value is -4.37. The highest BCUT2D eigenvalue weighted by Crippen LogP contribution is 2.26. The molecule has 9 heteroatoms. The second-order valence-corrected chi connectivity index (χ2v) is 9.19. The number of carbonyl (C=O) groups excluding carboxylic acids is 2. The highest BCUT2D eigenvalue weighted by atomic mass is 32.2. The molecule has 4 rings (SSSR count). The summed E-state index contributed by atoms with van der Waals surface area (Å²) in [6, 6.07) is 20.0. The third-order valence-corrected chi connectivity index (χ3v) is 6.60. The molecule has 0 spiro atoms. The van der Waals surface area contributed by atoms with Gasteiger partial charge in [0.25, 0.3) is 0 Å². The number of hydrogen-bond acceptors (Lipinski definition) is 6. The molecule has 0 aromatic heterocycles. The first kappa shape index (κ1) is 23.8. The van der Waals surface area contributed by atoms with Gasteiger partial charge in [-0.05, 0) is 91.0 Å². The van der Waals surface area contributed by atoms with Gasteiger partial charge in [0.15, 0.2) is 0 Å². The van der Waals surface area contributed by atoms with Crippen LogP contribution in [0.15, 0.2) is 107 Å². The third-order valence-electron chi connectivity index (χ3n) is 4.83. The molecule has 0 aliphatic heterocycles. The molecule has 0 fully saturated rings. The van der Waals surface area contributed by atoms with Crippen molar-refractivity contribution in [1.82, 2.24) is 0 Å². The minimum absolute atomic E-state index is 0.00903. The molecule has 0 saturated heterocycles. The van der Waals surface area contributed by atoms with E-state index < -0.39 is 33.4 Å². The molecule has 0 saturated carbocycles. The highest BCUT2D eigenvalue weighted by molar-refractivity contribution is 7.91. The maximum absolute atomic E-state index is 13.0. The molecular weight excluding hydrogens is 478 g/mol. The fraction of sp³-hybridized carbons (Fsp3) is 0. The summed E-state index contributed by atoms with van der Waals surface area (Å²) in [7, 11) is -3.99. The van der Waals surface area contributed by atoms with Crippen molar-refractivity contribution in [2.24, 2.45) is 0 Å². The number of benzene rings is 4. The largest absolute Gasteiger partial charge is 0.423 e. The first-order chi connectivity index (χ1) is 16.7. The van der Waals surface area contributed by atoms with Crippen LogP contribution >= 0.6 is 0 Å². The number of hydrogen-bond donors (Lipinski definition) is 0. The van der Waals surface area contributed by atoms with Crippen molar-refractivity contribution >= 4 is 21.8 Å². The molecule has 0 heterocycles. The standard InChI is InChI=1S/C26H16F2O6S/c27-19-8-4-17(5-9-19)25(29)33-21-12-14-23(15-13-21)35(31,32)24-3-1-2-22(16-24)34-26(30)18-6-10-20(28)11-7-18/h1-16H. The predicted octanol–water partition coefficient (Wildman–Crippen LogP) is 5.24. The van der Waals surface area contributed by atoms with Crippen LogP contribution in [0.3, 0.4) is 0 Å². The van der Waals surface area contributed by atoms with Crippen LogP contribution in [-0.2, 0) is 9.84 Å². The summed E-state index contributed by atoms with van der Waals surface area (Å²) in [5.41, 5.74) is 0.237. The molecule has 0 N–H and O–H groups in total. The van der Waals surface area contributed by atoms with Crippen molar-refractivity contribution in [2.45, 2.75) is 9.79 Å². The van der Waals surface area contributed by atoms with E-state index in [-0.39, 0.29) is 32.4 Å². The SMILES string of the molecule is O=C(Oc1ccc(S(=O)(=O)c2cccc(OC(=O)c3ccc(F)cc3)c2)cc1)c1ccc(F)cc1. The summed E-state index contributed by atoms with van der Waals surface area (Å²) >= 11 is 0. The zero-order valence-corrected chi connectivity index (χ0v) is 18.7. The van der Waals surface area contributed by atoms with Gasteiger partial charge in [0.05, 0.1) is 20.9 Å². The lowest BCUT2D eigenvalue weighted by Crippen LogP contribution is -2.10. The van der Waals surface area contributed by atoms with E-state index in [1.54, 1.807) is 0 Å². The monoisotopic (exact) mass is 494 g/mol. The van der Waals surface area contributed by atoms with Gasteiger partial charge in [-0.1, -0.05) is 6.07 Å². The molecule has 4 aromatic carbocycles. The Balaban J connectivity index is 1.49. The highest BCUT2D eigenvalue weighted by Gasteiger charge is 2.20. The third kappa shape index (κ3) is 5.59. The molecule has 176 valence electrons. The van der Waals surface area contributed by atoms with Crippen molar-refractivity contribution in [3.63, 3.8) is 0 Å². The van der Waals surface area contributed by atoms with Crippen LogP contribution in [0.25, 0.3) is 0 Å². The molecule has 0 aliphatic rings. The average Bonchev–Trinajstić information content (AvgIpc) is 2.85. The van der Waals surface area contributed by atoms with Crippen molar-refractivity contribution in [1.29, 1.82) is 0 Å². The van der Waals surface area contributed by atoms with Gasteiger partial charge >= 0.3 is 11.9 Å². The van der Waals surface area contributed by atoms with Crippen LogP contribution in [0.1, 0.15) is 20.7 Å². The van der Waals surface area contributed by atoms with Gasteiger partial charge in [0.1, 0.15) is 23.1 Å². The molecule has 0 radical (unpaired) electrons. The predicted molar refractivity (Wildman–Crippen MR) is 121 cm³/mol. The van der Waals surface area contributed by atoms with Gasteiger partial charge in [-0.3, -0.25) is 0 Å². The minimum Gasteiger partial charge on any atom is -0.423 e. The maximum atomic E-state index is 13.0. The zero-order valence-electron chi connectivity index (χ0n) is 17.9. The molecule has 4 aromatic rings. The molecular formula is C26H16F2O6S. The second-order valence-electron chi connectivity index (χ2n) is 7.24. The van der Waals surface area contributed by atoms with Gasteiger partial charge in [-0.15, -0.1) is 0 Å². The second kappa shape index (κ2) is 9.86. The van der Waals surface area contributed by atoms with Gasteiger partial charge in [-0.25, -0.2) is 26.8 Å². The lowest BCUT2D eigenvalue weighted by molar-refractivity contribution is 0.0724. The topological polar surface area (TPSA) is 86.7 Å². The van der Waals surface area contributed by atoms with Crippen molar-refractivity contribution < 1.29 is 36.3 Å². The van der Waals surface area contributed by atoms with Crippen LogP contribution < -0.4 is 9.47 Å². The van der Waals surface area contributed by atoms with Crippen molar-refractivity contribution in [2.75, 3.05) is 0 Å². The van der Waals surface area contributed by atoms with Gasteiger partial charge in [0, 0.05) is 0 Å². The van der Waals surface area contributed by atoms with Crippen LogP contribution in [0, 0.1) is 11.6 Å². The summed E-state index contributed by atoms with van der Waals surface area (Å²) in [6.45, 7) is 0. The minimum atomic E-state index is -3.99. The summed E-state index contributed by atoms with van der Waals surface area (Å²) in [6.07, 6.45) is 0. The number of sulfone groups is 1. The summed E-state index contributed by atoms with van der Waals surface area (Å²) in [5.74, 6) is -2.41. The van der Waals surface area contributed by atoms with E-state index >= 15 is 0 Å². The van der Waals surface area contributed by atoms with Gasteiger partial charge in [0.2, 0.25) is 9.84 Å². The Bertz CT molecular complexity index is 1480. The van der Waals surface area contributed by atoms with Gasteiger partial charge in [-0.2, -0.15) is 0 Å². The average molecular weight is 494 g/mol. The molecule has 0 bridgehead atoms. The van der Waals surface area contributed by atoms with E-state index in [1.165, 1.54) is 72.8 Å². The van der Waals surface area contributed by atoms with E-state index in [4.69, 9.17) is 9.47 Å². The van der Waals surface area contributed by atoms with E-state index in [1.807, 2.05) is 0 Å². The van der Waals surface area contributed by atoms with Crippen LogP contribution in [0.5, 0.6) is 11.5 Å². The van der Waals surface area contributed by atoms with Gasteiger partial charge < -0.3 is 9.47 Å². The number of ether oxygens (including phenoxy) is 2. The smallest absolute Gasteiger partial charge is 0.343 e. The molecule has 0 amide bonds. The number of rotatable bonds is 6. The Morgan fingerprint density at radius 2 is 1.06 bits per heavy atom. The van der Waals surface area contributed by atoms with Crippen LogP contribution in [0.2, 0.25) is 0 Å². The van der Waals surface area contributed by atoms with E-state index in [0.717, 1.165) is 24.3 Å². The first-order valence-electron chi connectivity index (χ1n) is 10.1. The fourth-order valence-electron chi connectivity index (χ4n) is 3.03. The lowest BCUT2D eigenvalue weighted by Gasteiger charge is -2.09. The summed E-state index contributed by atoms with van der Waals surface area (Å²) in [4.78, 5) is 24.2. The lowest BCUT2D eigenvalue weighted by atomic mass is 10.2. The Morgan fingerprint density at radius 3 is 1.57 bits per heavy atom. The molecule has 6 nitrogen and oxygen atoms in total. The summed E-state index contributed by atoms with van der Waals surface area (Å²) < 4.78 is 62.5.